The van der Waals surface area contributed by atoms with Gasteiger partial charge in [0.2, 0.25) is 5.91 Å². The van der Waals surface area contributed by atoms with E-state index in [1.165, 1.54) is 0 Å². The van der Waals surface area contributed by atoms with Gasteiger partial charge in [0.15, 0.2) is 0 Å². The van der Waals surface area contributed by atoms with Gasteiger partial charge in [0.25, 0.3) is 0 Å². The Morgan fingerprint density at radius 3 is 2.87 bits per heavy atom. The maximum atomic E-state index is 12.3. The van der Waals surface area contributed by atoms with Gasteiger partial charge in [-0.25, -0.2) is 0 Å². The molecule has 1 aromatic heterocycles. The van der Waals surface area contributed by atoms with Crippen LogP contribution in [0, 0.1) is 11.8 Å². The second-order valence-electron chi connectivity index (χ2n) is 7.27. The first-order valence-corrected chi connectivity index (χ1v) is 8.65. The van der Waals surface area contributed by atoms with Crippen LogP contribution in [0.5, 0.6) is 5.75 Å². The summed E-state index contributed by atoms with van der Waals surface area (Å²) in [6, 6.07) is 3.81. The van der Waals surface area contributed by atoms with Gasteiger partial charge in [-0.1, -0.05) is 6.92 Å². The molecule has 3 aliphatic rings. The Labute approximate surface area is 137 Å². The molecule has 1 aromatic rings. The van der Waals surface area contributed by atoms with Crippen LogP contribution in [0.4, 0.5) is 0 Å². The molecule has 4 rings (SSSR count). The highest BCUT2D eigenvalue weighted by Gasteiger charge is 2.47. The fraction of sp³-hybridized carbons (Fsp3) is 0.667. The Bertz CT molecular complexity index is 569. The largest absolute Gasteiger partial charge is 0.486 e. The Hall–Kier alpha value is -1.62. The van der Waals surface area contributed by atoms with Crippen LogP contribution < -0.4 is 4.74 Å². The summed E-state index contributed by atoms with van der Waals surface area (Å²) < 4.78 is 12.1. The van der Waals surface area contributed by atoms with Crippen molar-refractivity contribution in [2.45, 2.75) is 44.3 Å². The van der Waals surface area contributed by atoms with E-state index in [0.717, 1.165) is 44.5 Å². The van der Waals surface area contributed by atoms with E-state index < -0.39 is 0 Å². The van der Waals surface area contributed by atoms with Crippen molar-refractivity contribution in [2.75, 3.05) is 19.7 Å². The first kappa shape index (κ1) is 14.9. The van der Waals surface area contributed by atoms with Gasteiger partial charge in [-0.15, -0.1) is 0 Å². The van der Waals surface area contributed by atoms with Gasteiger partial charge in [0, 0.05) is 31.6 Å². The van der Waals surface area contributed by atoms with Crippen LogP contribution in [0.25, 0.3) is 0 Å². The minimum atomic E-state index is -0.0984. The van der Waals surface area contributed by atoms with E-state index in [1.807, 2.05) is 17.0 Å². The topological polar surface area (TPSA) is 51.7 Å². The smallest absolute Gasteiger partial charge is 0.225 e. The summed E-state index contributed by atoms with van der Waals surface area (Å²) in [6.45, 7) is 4.43. The number of carbonyl (C=O) groups is 1. The third-order valence-corrected chi connectivity index (χ3v) is 5.53. The summed E-state index contributed by atoms with van der Waals surface area (Å²) in [5.41, 5.74) is -0.0984. The molecule has 0 bridgehead atoms. The Morgan fingerprint density at radius 2 is 2.22 bits per heavy atom. The SMILES string of the molecule is CC1CC1C(=O)N1CCC2(CC1)CC(Oc1cccnc1)CO2. The maximum Gasteiger partial charge on any atom is 0.225 e. The maximum absolute atomic E-state index is 12.3. The van der Waals surface area contributed by atoms with Gasteiger partial charge in [-0.05, 0) is 37.3 Å². The molecule has 1 saturated carbocycles. The lowest BCUT2D eigenvalue weighted by molar-refractivity contribution is -0.137. The zero-order valence-electron chi connectivity index (χ0n) is 13.6. The molecule has 3 atom stereocenters. The predicted molar refractivity (Wildman–Crippen MR) is 85.0 cm³/mol. The van der Waals surface area contributed by atoms with Gasteiger partial charge in [-0.3, -0.25) is 9.78 Å². The molecule has 2 saturated heterocycles. The second kappa shape index (κ2) is 5.78. The summed E-state index contributed by atoms with van der Waals surface area (Å²) >= 11 is 0. The number of pyridine rings is 1. The predicted octanol–water partition coefficient (Wildman–Crippen LogP) is 2.27. The summed E-state index contributed by atoms with van der Waals surface area (Å²) in [5, 5.41) is 0. The van der Waals surface area contributed by atoms with Gasteiger partial charge < -0.3 is 14.4 Å². The van der Waals surface area contributed by atoms with E-state index >= 15 is 0 Å². The Morgan fingerprint density at radius 1 is 1.43 bits per heavy atom. The molecule has 124 valence electrons. The average molecular weight is 316 g/mol. The molecule has 0 N–H and O–H groups in total. The zero-order chi connectivity index (χ0) is 15.9. The zero-order valence-corrected chi connectivity index (χ0v) is 13.6. The fourth-order valence-corrected chi connectivity index (χ4v) is 3.87. The molecule has 0 aromatic carbocycles. The molecule has 5 nitrogen and oxygen atoms in total. The van der Waals surface area contributed by atoms with Gasteiger partial charge in [0.1, 0.15) is 11.9 Å². The highest BCUT2D eigenvalue weighted by molar-refractivity contribution is 5.81. The van der Waals surface area contributed by atoms with Crippen molar-refractivity contribution in [3.8, 4) is 5.75 Å². The van der Waals surface area contributed by atoms with Gasteiger partial charge in [0.05, 0.1) is 18.4 Å². The molecular formula is C18H24N2O3. The van der Waals surface area contributed by atoms with Crippen LogP contribution in [0.2, 0.25) is 0 Å². The van der Waals surface area contributed by atoms with Crippen molar-refractivity contribution in [3.63, 3.8) is 0 Å². The lowest BCUT2D eigenvalue weighted by atomic mass is 9.87. The molecule has 1 aliphatic carbocycles. The summed E-state index contributed by atoms with van der Waals surface area (Å²) in [7, 11) is 0. The lowest BCUT2D eigenvalue weighted by Crippen LogP contribution is -2.47. The Balaban J connectivity index is 1.30. The first-order valence-electron chi connectivity index (χ1n) is 8.65. The number of rotatable bonds is 3. The van der Waals surface area contributed by atoms with Crippen LogP contribution in [0.15, 0.2) is 24.5 Å². The highest BCUT2D eigenvalue weighted by atomic mass is 16.6. The molecule has 1 amide bonds. The molecular weight excluding hydrogens is 292 g/mol. The third-order valence-electron chi connectivity index (χ3n) is 5.53. The van der Waals surface area contributed by atoms with Crippen LogP contribution >= 0.6 is 0 Å². The number of likely N-dealkylation sites (tertiary alicyclic amines) is 1. The van der Waals surface area contributed by atoms with Crippen molar-refractivity contribution < 1.29 is 14.3 Å². The van der Waals surface area contributed by atoms with Crippen molar-refractivity contribution in [3.05, 3.63) is 24.5 Å². The summed E-state index contributed by atoms with van der Waals surface area (Å²) in [5.74, 6) is 2.02. The van der Waals surface area contributed by atoms with E-state index in [1.54, 1.807) is 12.4 Å². The van der Waals surface area contributed by atoms with Crippen molar-refractivity contribution in [1.82, 2.24) is 9.88 Å². The monoisotopic (exact) mass is 316 g/mol. The standard InChI is InChI=1S/C18H24N2O3/c1-13-9-16(13)17(21)20-7-4-18(5-8-20)10-15(12-22-18)23-14-3-2-6-19-11-14/h2-3,6,11,13,15-16H,4-5,7-10,12H2,1H3. The fourth-order valence-electron chi connectivity index (χ4n) is 3.87. The van der Waals surface area contributed by atoms with Crippen LogP contribution in [-0.4, -0.2) is 47.2 Å². The molecule has 1 spiro atoms. The third kappa shape index (κ3) is 3.07. The number of hydrogen-bond donors (Lipinski definition) is 0. The first-order chi connectivity index (χ1) is 11.2. The molecule has 3 fully saturated rings. The Kier molecular flexibility index (Phi) is 3.76. The molecule has 3 unspecified atom stereocenters. The minimum Gasteiger partial charge on any atom is -0.486 e. The van der Waals surface area contributed by atoms with Gasteiger partial charge >= 0.3 is 0 Å². The number of ether oxygens (including phenoxy) is 2. The van der Waals surface area contributed by atoms with E-state index in [-0.39, 0.29) is 17.6 Å². The molecule has 23 heavy (non-hydrogen) atoms. The number of hydrogen-bond acceptors (Lipinski definition) is 4. The average Bonchev–Trinajstić information content (AvgIpc) is 3.19. The molecule has 5 heteroatoms. The number of amides is 1. The number of carbonyl (C=O) groups excluding carboxylic acids is 1. The quantitative estimate of drug-likeness (QED) is 0.858. The molecule has 0 radical (unpaired) electrons. The van der Waals surface area contributed by atoms with Crippen molar-refractivity contribution >= 4 is 5.91 Å². The highest BCUT2D eigenvalue weighted by Crippen LogP contribution is 2.42. The summed E-state index contributed by atoms with van der Waals surface area (Å²) in [4.78, 5) is 18.5. The van der Waals surface area contributed by atoms with E-state index in [9.17, 15) is 4.79 Å². The van der Waals surface area contributed by atoms with Crippen LogP contribution in [-0.2, 0) is 9.53 Å². The van der Waals surface area contributed by atoms with E-state index in [4.69, 9.17) is 9.47 Å². The number of piperidine rings is 1. The summed E-state index contributed by atoms with van der Waals surface area (Å²) in [6.07, 6.45) is 7.39. The van der Waals surface area contributed by atoms with Crippen LogP contribution in [0.3, 0.4) is 0 Å². The van der Waals surface area contributed by atoms with Crippen molar-refractivity contribution in [1.29, 1.82) is 0 Å². The number of nitrogens with zero attached hydrogens (tertiary/aromatic N) is 2. The van der Waals surface area contributed by atoms with Crippen LogP contribution in [0.1, 0.15) is 32.6 Å². The number of aromatic nitrogens is 1. The van der Waals surface area contributed by atoms with E-state index in [2.05, 4.69) is 11.9 Å². The second-order valence-corrected chi connectivity index (χ2v) is 7.27. The molecule has 3 heterocycles. The van der Waals surface area contributed by atoms with Crippen molar-refractivity contribution in [2.24, 2.45) is 11.8 Å². The van der Waals surface area contributed by atoms with E-state index in [0.29, 0.717) is 18.4 Å². The normalized spacial score (nSPS) is 32.0. The van der Waals surface area contributed by atoms with Gasteiger partial charge in [-0.2, -0.15) is 0 Å². The minimum absolute atomic E-state index is 0.0879. The molecule has 2 aliphatic heterocycles. The lowest BCUT2D eigenvalue weighted by Gasteiger charge is -2.38.